The van der Waals surface area contributed by atoms with Gasteiger partial charge in [-0.15, -0.1) is 0 Å². The van der Waals surface area contributed by atoms with Crippen LogP contribution in [-0.2, 0) is 0 Å². The van der Waals surface area contributed by atoms with E-state index in [0.717, 1.165) is 0 Å². The predicted octanol–water partition coefficient (Wildman–Crippen LogP) is 9.48. The Labute approximate surface area is 219 Å². The molecule has 0 atom stereocenters. The molecule has 29 heteroatoms. The summed E-state index contributed by atoms with van der Waals surface area (Å²) in [5, 5.41) is 0. The molecule has 0 radical (unpaired) electrons. The minimum atomic E-state index is -9.87. The Morgan fingerprint density at radius 1 is 0.273 bits per heavy atom. The van der Waals surface area contributed by atoms with Gasteiger partial charge < -0.3 is 0 Å². The van der Waals surface area contributed by atoms with E-state index in [1.54, 1.807) is 0 Å². The van der Waals surface area contributed by atoms with Gasteiger partial charge in [0.05, 0.1) is 0 Å². The molecule has 0 saturated heterocycles. The van der Waals surface area contributed by atoms with Gasteiger partial charge in [-0.3, -0.25) is 0 Å². The van der Waals surface area contributed by atoms with Crippen LogP contribution in [0.2, 0.25) is 0 Å². The quantitative estimate of drug-likeness (QED) is 0.156. The SMILES string of the molecule is FCC(F)(F)C(F)(F)C(F)(F)C(F)(F)C(F)(F)C(F)(F)C(F)(F)C(F)(F)C(F)(F)C(F)(F)C(F)(F)C(F)(F)C(F)(F)C(F)F. The molecule has 0 aromatic rings. The molecule has 0 bridgehead atoms. The highest BCUT2D eigenvalue weighted by atomic mass is 19.4. The zero-order chi connectivity index (χ0) is 36.8. The van der Waals surface area contributed by atoms with Crippen LogP contribution in [0.25, 0.3) is 0 Å². The second-order valence-corrected chi connectivity index (χ2v) is 8.08. The van der Waals surface area contributed by atoms with Crippen molar-refractivity contribution in [3.8, 4) is 0 Å². The third-order valence-corrected chi connectivity index (χ3v) is 5.26. The summed E-state index contributed by atoms with van der Waals surface area (Å²) in [7, 11) is 0. The van der Waals surface area contributed by atoms with Crippen molar-refractivity contribution in [1.82, 2.24) is 0 Å². The molecule has 266 valence electrons. The molecule has 0 aliphatic carbocycles. The molecule has 0 rings (SSSR count). The van der Waals surface area contributed by atoms with E-state index < -0.39 is 90.1 Å². The van der Waals surface area contributed by atoms with Crippen LogP contribution < -0.4 is 0 Å². The summed E-state index contributed by atoms with van der Waals surface area (Å²) >= 11 is 0. The minimum absolute atomic E-state index is 4.33. The monoisotopic (exact) mass is 734 g/mol. The molecule has 0 amide bonds. The largest absolute Gasteiger partial charge is 0.385 e. The van der Waals surface area contributed by atoms with E-state index in [9.17, 15) is 127 Å². The number of hydrogen-bond acceptors (Lipinski definition) is 0. The summed E-state index contributed by atoms with van der Waals surface area (Å²) in [5.74, 6) is -119. The predicted molar refractivity (Wildman–Crippen MR) is 76.3 cm³/mol. The van der Waals surface area contributed by atoms with Crippen molar-refractivity contribution in [3.63, 3.8) is 0 Å². The summed E-state index contributed by atoms with van der Waals surface area (Å²) in [5.41, 5.74) is 0. The molecule has 0 unspecified atom stereocenters. The Bertz CT molecular complexity index is 1030. The smallest absolute Gasteiger partial charge is 0.244 e. The standard InChI is InChI=1S/C15H3F29/c16-1-3(19,20)5(23,24)7(27,28)9(31,32)11(35,36)13(39,40)15(43,44)14(41,42)12(37,38)10(33,34)8(29,30)6(25,26)4(21,22)2(17)18/h2H,1H2. The van der Waals surface area contributed by atoms with E-state index >= 15 is 0 Å². The Balaban J connectivity index is 7.49. The van der Waals surface area contributed by atoms with Crippen molar-refractivity contribution < 1.29 is 127 Å². The van der Waals surface area contributed by atoms with Gasteiger partial charge in [0.25, 0.3) is 0 Å². The van der Waals surface area contributed by atoms with Crippen molar-refractivity contribution >= 4 is 0 Å². The number of alkyl halides is 29. The molecular formula is C15H3F29. The van der Waals surface area contributed by atoms with Gasteiger partial charge in [-0.2, -0.15) is 114 Å². The van der Waals surface area contributed by atoms with Gasteiger partial charge in [-0.05, 0) is 0 Å². The topological polar surface area (TPSA) is 0 Å². The van der Waals surface area contributed by atoms with Gasteiger partial charge in [-0.25, -0.2) is 13.2 Å². The van der Waals surface area contributed by atoms with Gasteiger partial charge in [0, 0.05) is 0 Å². The van der Waals surface area contributed by atoms with Gasteiger partial charge in [0.2, 0.25) is 0 Å². The fourth-order valence-electron chi connectivity index (χ4n) is 2.43. The second kappa shape index (κ2) is 10.2. The maximum atomic E-state index is 13.6. The Hall–Kier alpha value is -2.03. The lowest BCUT2D eigenvalue weighted by Crippen LogP contribution is -2.79. The molecule has 0 aromatic carbocycles. The van der Waals surface area contributed by atoms with Crippen molar-refractivity contribution in [2.45, 2.75) is 83.4 Å². The lowest BCUT2D eigenvalue weighted by molar-refractivity contribution is -0.483. The van der Waals surface area contributed by atoms with Gasteiger partial charge in [0.15, 0.2) is 6.67 Å². The van der Waals surface area contributed by atoms with Crippen LogP contribution in [0.15, 0.2) is 0 Å². The van der Waals surface area contributed by atoms with E-state index in [-0.39, 0.29) is 0 Å². The molecular weight excluding hydrogens is 731 g/mol. The van der Waals surface area contributed by atoms with Crippen LogP contribution in [0, 0.1) is 0 Å². The Kier molecular flexibility index (Phi) is 9.76. The lowest BCUT2D eigenvalue weighted by Gasteiger charge is -2.46. The van der Waals surface area contributed by atoms with Gasteiger partial charge in [-0.1, -0.05) is 0 Å². The molecule has 44 heavy (non-hydrogen) atoms. The van der Waals surface area contributed by atoms with Crippen molar-refractivity contribution in [2.24, 2.45) is 0 Å². The van der Waals surface area contributed by atoms with E-state index in [2.05, 4.69) is 0 Å². The number of rotatable bonds is 14. The summed E-state index contributed by atoms with van der Waals surface area (Å²) < 4.78 is 381. The summed E-state index contributed by atoms with van der Waals surface area (Å²) in [4.78, 5) is 0. The van der Waals surface area contributed by atoms with E-state index in [0.29, 0.717) is 0 Å². The van der Waals surface area contributed by atoms with Crippen LogP contribution in [0.4, 0.5) is 127 Å². The maximum absolute atomic E-state index is 13.6. The molecule has 0 saturated carbocycles. The molecule has 0 aliphatic heterocycles. The summed E-state index contributed by atoms with van der Waals surface area (Å²) in [6.45, 7) is -4.33. The number of hydrogen-bond donors (Lipinski definition) is 0. The molecule has 0 aliphatic rings. The van der Waals surface area contributed by atoms with Crippen molar-refractivity contribution in [1.29, 1.82) is 0 Å². The second-order valence-electron chi connectivity index (χ2n) is 8.08. The molecule has 0 spiro atoms. The van der Waals surface area contributed by atoms with Crippen LogP contribution in [-0.4, -0.2) is 90.1 Å². The fourth-order valence-corrected chi connectivity index (χ4v) is 2.43. The fraction of sp³-hybridized carbons (Fsp3) is 1.00. The average molecular weight is 734 g/mol. The zero-order valence-electron chi connectivity index (χ0n) is 18.7. The molecule has 0 aromatic heterocycles. The Morgan fingerprint density at radius 3 is 0.591 bits per heavy atom. The highest BCUT2D eigenvalue weighted by molar-refractivity contribution is 5.20. The first-order chi connectivity index (χ1) is 18.5. The van der Waals surface area contributed by atoms with Gasteiger partial charge in [0.1, 0.15) is 0 Å². The van der Waals surface area contributed by atoms with Crippen molar-refractivity contribution in [2.75, 3.05) is 6.67 Å². The van der Waals surface area contributed by atoms with Crippen LogP contribution in [0.1, 0.15) is 0 Å². The third kappa shape index (κ3) is 4.59. The molecule has 0 heterocycles. The first kappa shape index (κ1) is 42.0. The van der Waals surface area contributed by atoms with E-state index in [1.807, 2.05) is 0 Å². The molecule has 0 fully saturated rings. The highest BCUT2D eigenvalue weighted by Gasteiger charge is 3.00. The van der Waals surface area contributed by atoms with Gasteiger partial charge >= 0.3 is 83.4 Å². The summed E-state index contributed by atoms with van der Waals surface area (Å²) in [6, 6.07) is 0. The van der Waals surface area contributed by atoms with Crippen LogP contribution >= 0.6 is 0 Å². The number of halogens is 29. The van der Waals surface area contributed by atoms with Crippen LogP contribution in [0.3, 0.4) is 0 Å². The normalized spacial score (nSPS) is 17.0. The van der Waals surface area contributed by atoms with E-state index in [4.69, 9.17) is 0 Å². The molecule has 0 N–H and O–H groups in total. The first-order valence-electron chi connectivity index (χ1n) is 9.26. The maximum Gasteiger partial charge on any atom is 0.385 e. The first-order valence-corrected chi connectivity index (χ1v) is 9.26. The zero-order valence-corrected chi connectivity index (χ0v) is 18.7. The average Bonchev–Trinajstić information content (AvgIpc) is 2.82. The molecule has 0 nitrogen and oxygen atoms in total. The van der Waals surface area contributed by atoms with E-state index in [1.165, 1.54) is 0 Å². The Morgan fingerprint density at radius 2 is 0.432 bits per heavy atom. The van der Waals surface area contributed by atoms with Crippen molar-refractivity contribution in [3.05, 3.63) is 0 Å². The highest BCUT2D eigenvalue weighted by Crippen LogP contribution is 2.68. The summed E-state index contributed by atoms with van der Waals surface area (Å²) in [6.07, 6.45) is -6.38. The minimum Gasteiger partial charge on any atom is -0.244 e. The van der Waals surface area contributed by atoms with Crippen LogP contribution in [0.5, 0.6) is 0 Å². The lowest BCUT2D eigenvalue weighted by atomic mass is 9.83. The third-order valence-electron chi connectivity index (χ3n) is 5.26.